The van der Waals surface area contributed by atoms with Gasteiger partial charge in [0.15, 0.2) is 5.66 Å². The number of nitrogens with zero attached hydrogens (tertiary/aromatic N) is 1. The van der Waals surface area contributed by atoms with Crippen LogP contribution in [0.15, 0.2) is 91.0 Å². The lowest BCUT2D eigenvalue weighted by Crippen LogP contribution is -2.43. The number of hydrogen-bond acceptors (Lipinski definition) is 1. The molecular formula is C26H30BrNOP+. The topological polar surface area (TPSA) is 20.3 Å². The van der Waals surface area contributed by atoms with Gasteiger partial charge in [0.2, 0.25) is 0 Å². The van der Waals surface area contributed by atoms with E-state index in [4.69, 9.17) is 0 Å². The number of halogens is 1. The molecule has 1 aliphatic rings. The third-order valence-electron chi connectivity index (χ3n) is 5.81. The Balaban J connectivity index is 0.00000256. The Morgan fingerprint density at radius 2 is 1.20 bits per heavy atom. The number of carbonyl (C=O) groups is 1. The lowest BCUT2D eigenvalue weighted by atomic mass is 10.2. The maximum absolute atomic E-state index is 13.8. The molecule has 4 heteroatoms. The van der Waals surface area contributed by atoms with Crippen LogP contribution in [0.1, 0.15) is 20.3 Å². The van der Waals surface area contributed by atoms with Gasteiger partial charge < -0.3 is 4.90 Å². The zero-order valence-corrected chi connectivity index (χ0v) is 20.3. The van der Waals surface area contributed by atoms with Crippen LogP contribution in [0.3, 0.4) is 0 Å². The van der Waals surface area contributed by atoms with Gasteiger partial charge in [-0.2, -0.15) is 0 Å². The summed E-state index contributed by atoms with van der Waals surface area (Å²) in [6, 6.07) is 32.2. The van der Waals surface area contributed by atoms with Crippen LogP contribution in [0.2, 0.25) is 0 Å². The quantitative estimate of drug-likeness (QED) is 0.461. The normalized spacial score (nSPS) is 16.6. The van der Waals surface area contributed by atoms with Gasteiger partial charge in [0.25, 0.3) is 5.91 Å². The Bertz CT molecular complexity index is 850. The average Bonchev–Trinajstić information content (AvgIpc) is 3.11. The molecule has 3 aromatic rings. The fraction of sp³-hybridized carbons (Fsp3) is 0.269. The molecule has 0 spiro atoms. The summed E-state index contributed by atoms with van der Waals surface area (Å²) < 4.78 is 0. The Morgan fingerprint density at radius 3 is 1.57 bits per heavy atom. The molecule has 2 nitrogen and oxygen atoms in total. The highest BCUT2D eigenvalue weighted by molar-refractivity contribution is 8.93. The van der Waals surface area contributed by atoms with Crippen LogP contribution >= 0.6 is 24.2 Å². The minimum absolute atomic E-state index is 0. The Hall–Kier alpha value is -1.96. The third kappa shape index (κ3) is 4.11. The zero-order valence-electron chi connectivity index (χ0n) is 17.6. The van der Waals surface area contributed by atoms with Crippen molar-refractivity contribution in [1.82, 2.24) is 4.90 Å². The van der Waals surface area contributed by atoms with E-state index in [2.05, 4.69) is 110 Å². The van der Waals surface area contributed by atoms with E-state index >= 15 is 0 Å². The SMILES string of the molecule is Br.CC(C)CN1CCC([P+](c2ccccc2)(c2ccccc2)c2ccccc2)C1=O. The second-order valence-electron chi connectivity index (χ2n) is 8.21. The van der Waals surface area contributed by atoms with Gasteiger partial charge in [-0.15, -0.1) is 17.0 Å². The minimum atomic E-state index is -2.13. The zero-order chi connectivity index (χ0) is 20.3. The van der Waals surface area contributed by atoms with E-state index in [1.807, 2.05) is 0 Å². The molecule has 0 aromatic heterocycles. The molecule has 1 amide bonds. The Kier molecular flexibility index (Phi) is 7.50. The van der Waals surface area contributed by atoms with Crippen molar-refractivity contribution in [2.24, 2.45) is 5.92 Å². The number of benzene rings is 3. The summed E-state index contributed by atoms with van der Waals surface area (Å²) in [6.45, 7) is 6.08. The van der Waals surface area contributed by atoms with Crippen molar-refractivity contribution in [3.8, 4) is 0 Å². The molecule has 3 aromatic carbocycles. The van der Waals surface area contributed by atoms with Crippen molar-refractivity contribution in [3.05, 3.63) is 91.0 Å². The van der Waals surface area contributed by atoms with E-state index in [1.165, 1.54) is 15.9 Å². The van der Waals surface area contributed by atoms with Gasteiger partial charge in [0, 0.05) is 19.5 Å². The first-order valence-electron chi connectivity index (χ1n) is 10.5. The van der Waals surface area contributed by atoms with Crippen LogP contribution in [0.4, 0.5) is 0 Å². The molecule has 0 N–H and O–H groups in total. The van der Waals surface area contributed by atoms with Gasteiger partial charge in [-0.25, -0.2) is 0 Å². The van der Waals surface area contributed by atoms with E-state index in [0.29, 0.717) is 11.8 Å². The molecule has 0 bridgehead atoms. The molecular weight excluding hydrogens is 453 g/mol. The van der Waals surface area contributed by atoms with Crippen molar-refractivity contribution in [3.63, 3.8) is 0 Å². The van der Waals surface area contributed by atoms with Gasteiger partial charge in [0.05, 0.1) is 0 Å². The van der Waals surface area contributed by atoms with E-state index in [1.54, 1.807) is 0 Å². The van der Waals surface area contributed by atoms with E-state index in [0.717, 1.165) is 19.5 Å². The number of carbonyl (C=O) groups excluding carboxylic acids is 1. The van der Waals surface area contributed by atoms with Crippen LogP contribution in [-0.4, -0.2) is 29.6 Å². The maximum Gasteiger partial charge on any atom is 0.264 e. The summed E-state index contributed by atoms with van der Waals surface area (Å²) in [7, 11) is -2.13. The van der Waals surface area contributed by atoms with E-state index < -0.39 is 7.26 Å². The number of likely N-dealkylation sites (tertiary alicyclic amines) is 1. The van der Waals surface area contributed by atoms with Crippen molar-refractivity contribution in [2.75, 3.05) is 13.1 Å². The smallest absolute Gasteiger partial charge is 0.264 e. The fourth-order valence-corrected chi connectivity index (χ4v) is 9.58. The van der Waals surface area contributed by atoms with Crippen LogP contribution in [-0.2, 0) is 4.79 Å². The predicted octanol–water partition coefficient (Wildman–Crippen LogP) is 4.82. The minimum Gasteiger partial charge on any atom is -0.339 e. The summed E-state index contributed by atoms with van der Waals surface area (Å²) in [5.41, 5.74) is -0.00606. The number of hydrogen-bond donors (Lipinski definition) is 0. The lowest BCUT2D eigenvalue weighted by molar-refractivity contribution is -0.127. The summed E-state index contributed by atoms with van der Waals surface area (Å²) in [5, 5.41) is 3.88. The van der Waals surface area contributed by atoms with Crippen molar-refractivity contribution in [1.29, 1.82) is 0 Å². The summed E-state index contributed by atoms with van der Waals surface area (Å²) in [4.78, 5) is 15.9. The predicted molar refractivity (Wildman–Crippen MR) is 135 cm³/mol. The molecule has 1 saturated heterocycles. The van der Waals surface area contributed by atoms with Crippen molar-refractivity contribution < 1.29 is 4.79 Å². The lowest BCUT2D eigenvalue weighted by Gasteiger charge is -2.32. The molecule has 0 saturated carbocycles. The van der Waals surface area contributed by atoms with Crippen LogP contribution in [0.25, 0.3) is 0 Å². The Labute approximate surface area is 191 Å². The first-order valence-corrected chi connectivity index (χ1v) is 12.3. The molecule has 0 aliphatic carbocycles. The third-order valence-corrected chi connectivity index (χ3v) is 10.6. The summed E-state index contributed by atoms with van der Waals surface area (Å²) in [5.74, 6) is 0.805. The Morgan fingerprint density at radius 1 is 0.800 bits per heavy atom. The van der Waals surface area contributed by atoms with Crippen LogP contribution < -0.4 is 15.9 Å². The van der Waals surface area contributed by atoms with Crippen LogP contribution in [0, 0.1) is 5.92 Å². The molecule has 1 heterocycles. The first-order chi connectivity index (χ1) is 14.1. The molecule has 1 unspecified atom stereocenters. The first kappa shape index (κ1) is 22.7. The molecule has 1 aliphatic heterocycles. The van der Waals surface area contributed by atoms with Gasteiger partial charge >= 0.3 is 0 Å². The molecule has 0 radical (unpaired) electrons. The van der Waals surface area contributed by atoms with Crippen molar-refractivity contribution in [2.45, 2.75) is 25.9 Å². The largest absolute Gasteiger partial charge is 0.339 e. The number of amides is 1. The highest BCUT2D eigenvalue weighted by Gasteiger charge is 2.58. The molecule has 156 valence electrons. The average molecular weight is 483 g/mol. The number of rotatable bonds is 6. The van der Waals surface area contributed by atoms with Gasteiger partial charge in [-0.05, 0) is 42.3 Å². The maximum atomic E-state index is 13.8. The standard InChI is InChI=1S/C26H29NOP.BrH/c1-21(2)20-27-19-18-25(26(27)28)29(22-12-6-3-7-13-22,23-14-8-4-9-15-23)24-16-10-5-11-17-24;/h3-17,21,25H,18-20H2,1-2H3;1H/q+1;. The highest BCUT2D eigenvalue weighted by atomic mass is 79.9. The van der Waals surface area contributed by atoms with Gasteiger partial charge in [0.1, 0.15) is 23.2 Å². The fourth-order valence-electron chi connectivity index (χ4n) is 4.68. The monoisotopic (exact) mass is 482 g/mol. The van der Waals surface area contributed by atoms with E-state index in [9.17, 15) is 4.79 Å². The second-order valence-corrected chi connectivity index (χ2v) is 11.8. The highest BCUT2D eigenvalue weighted by Crippen LogP contribution is 2.62. The summed E-state index contributed by atoms with van der Waals surface area (Å²) in [6.07, 6.45) is 0.915. The molecule has 4 rings (SSSR count). The molecule has 30 heavy (non-hydrogen) atoms. The van der Waals surface area contributed by atoms with E-state index in [-0.39, 0.29) is 22.6 Å². The van der Waals surface area contributed by atoms with Crippen molar-refractivity contribution >= 4 is 46.1 Å². The second kappa shape index (κ2) is 9.90. The van der Waals surface area contributed by atoms with Gasteiger partial charge in [-0.1, -0.05) is 68.4 Å². The van der Waals surface area contributed by atoms with Crippen LogP contribution in [0.5, 0.6) is 0 Å². The molecule has 1 fully saturated rings. The summed E-state index contributed by atoms with van der Waals surface area (Å²) >= 11 is 0. The molecule has 1 atom stereocenters. The van der Waals surface area contributed by atoms with Gasteiger partial charge in [-0.3, -0.25) is 4.79 Å².